The zero-order chi connectivity index (χ0) is 16.6. The van der Waals surface area contributed by atoms with Gasteiger partial charge in [-0.3, -0.25) is 14.2 Å². The zero-order valence-corrected chi connectivity index (χ0v) is 12.1. The minimum atomic E-state index is -0.764. The van der Waals surface area contributed by atoms with Gasteiger partial charge in [0.05, 0.1) is 19.7 Å². The maximum Gasteiger partial charge on any atom is 0.284 e. The van der Waals surface area contributed by atoms with Crippen molar-refractivity contribution in [2.45, 2.75) is 20.0 Å². The number of primary amides is 1. The minimum absolute atomic E-state index is 0.0454. The Labute approximate surface area is 128 Å². The second kappa shape index (κ2) is 5.61. The van der Waals surface area contributed by atoms with Crippen LogP contribution in [0.25, 0.3) is 11.1 Å². The average Bonchev–Trinajstić information content (AvgIpc) is 3.07. The SMILES string of the molecule is Cc1c(C(N)=O)oc2ncn(Cc3nnn(CCO)n3)c(=O)c12. The number of nitrogens with zero attached hydrogens (tertiary/aromatic N) is 6. The van der Waals surface area contributed by atoms with Crippen LogP contribution in [0.5, 0.6) is 0 Å². The van der Waals surface area contributed by atoms with Crippen molar-refractivity contribution in [2.24, 2.45) is 5.73 Å². The summed E-state index contributed by atoms with van der Waals surface area (Å²) in [5.41, 5.74) is 5.19. The van der Waals surface area contributed by atoms with Crippen molar-refractivity contribution in [2.75, 3.05) is 6.61 Å². The van der Waals surface area contributed by atoms with Gasteiger partial charge in [-0.05, 0) is 12.1 Å². The number of tetrazole rings is 1. The van der Waals surface area contributed by atoms with Gasteiger partial charge in [-0.25, -0.2) is 4.98 Å². The lowest BCUT2D eigenvalue weighted by molar-refractivity contribution is 0.0975. The summed E-state index contributed by atoms with van der Waals surface area (Å²) in [5.74, 6) is -0.563. The number of carbonyl (C=O) groups is 1. The van der Waals surface area contributed by atoms with Gasteiger partial charge in [0.25, 0.3) is 11.5 Å². The number of carbonyl (C=O) groups excluding carboxylic acids is 1. The van der Waals surface area contributed by atoms with Crippen LogP contribution in [0, 0.1) is 6.92 Å². The Kier molecular flexibility index (Phi) is 3.62. The molecule has 3 aromatic rings. The van der Waals surface area contributed by atoms with Crippen LogP contribution < -0.4 is 11.3 Å². The fourth-order valence-corrected chi connectivity index (χ4v) is 2.18. The van der Waals surface area contributed by atoms with E-state index in [2.05, 4.69) is 20.4 Å². The molecule has 0 saturated heterocycles. The number of nitrogens with two attached hydrogens (primary N) is 1. The molecule has 3 N–H and O–H groups in total. The average molecular weight is 319 g/mol. The van der Waals surface area contributed by atoms with E-state index in [1.165, 1.54) is 15.7 Å². The van der Waals surface area contributed by atoms with Gasteiger partial charge < -0.3 is 15.3 Å². The number of amides is 1. The highest BCUT2D eigenvalue weighted by Gasteiger charge is 2.20. The predicted octanol–water partition coefficient (Wildman–Crippen LogP) is -1.58. The van der Waals surface area contributed by atoms with E-state index in [0.29, 0.717) is 5.56 Å². The van der Waals surface area contributed by atoms with E-state index in [-0.39, 0.29) is 42.4 Å². The smallest absolute Gasteiger partial charge is 0.284 e. The van der Waals surface area contributed by atoms with Crippen LogP contribution in [0.4, 0.5) is 0 Å². The van der Waals surface area contributed by atoms with Crippen LogP contribution in [0.15, 0.2) is 15.5 Å². The third kappa shape index (κ3) is 2.57. The summed E-state index contributed by atoms with van der Waals surface area (Å²) >= 11 is 0. The lowest BCUT2D eigenvalue weighted by Crippen LogP contribution is -2.22. The van der Waals surface area contributed by atoms with Gasteiger partial charge in [0, 0.05) is 5.56 Å². The Bertz CT molecular complexity index is 939. The van der Waals surface area contributed by atoms with Crippen molar-refractivity contribution in [1.82, 2.24) is 29.8 Å². The number of furan rings is 1. The highest BCUT2D eigenvalue weighted by molar-refractivity contribution is 5.96. The molecule has 0 spiro atoms. The maximum absolute atomic E-state index is 12.5. The topological polar surface area (TPSA) is 155 Å². The molecule has 0 unspecified atom stereocenters. The maximum atomic E-state index is 12.5. The van der Waals surface area contributed by atoms with Crippen molar-refractivity contribution >= 4 is 17.0 Å². The second-order valence-electron chi connectivity index (χ2n) is 4.80. The molecule has 3 aromatic heterocycles. The number of aromatic nitrogens is 6. The minimum Gasteiger partial charge on any atom is -0.432 e. The summed E-state index contributed by atoms with van der Waals surface area (Å²) in [6, 6.07) is 0. The van der Waals surface area contributed by atoms with Crippen LogP contribution in [-0.2, 0) is 13.1 Å². The highest BCUT2D eigenvalue weighted by Crippen LogP contribution is 2.19. The molecule has 0 aliphatic carbocycles. The molecule has 23 heavy (non-hydrogen) atoms. The Morgan fingerprint density at radius 1 is 1.48 bits per heavy atom. The fraction of sp³-hybridized carbons (Fsp3) is 0.333. The predicted molar refractivity (Wildman–Crippen MR) is 75.5 cm³/mol. The number of aliphatic hydroxyl groups excluding tert-OH is 1. The first-order chi connectivity index (χ1) is 11.0. The van der Waals surface area contributed by atoms with Gasteiger partial charge in [-0.15, -0.1) is 10.2 Å². The molecule has 0 aliphatic rings. The quantitative estimate of drug-likeness (QED) is 0.571. The molecule has 0 atom stereocenters. The Balaban J connectivity index is 2.01. The van der Waals surface area contributed by atoms with E-state index >= 15 is 0 Å². The van der Waals surface area contributed by atoms with Crippen LogP contribution in [0.2, 0.25) is 0 Å². The van der Waals surface area contributed by atoms with E-state index in [1.54, 1.807) is 6.92 Å². The van der Waals surface area contributed by atoms with Gasteiger partial charge >= 0.3 is 0 Å². The fourth-order valence-electron chi connectivity index (χ4n) is 2.18. The van der Waals surface area contributed by atoms with Crippen LogP contribution in [-0.4, -0.2) is 47.4 Å². The number of aryl methyl sites for hydroxylation is 1. The van der Waals surface area contributed by atoms with E-state index in [4.69, 9.17) is 15.3 Å². The first kappa shape index (κ1) is 14.8. The van der Waals surface area contributed by atoms with E-state index in [1.807, 2.05) is 0 Å². The molecule has 11 nitrogen and oxygen atoms in total. The lowest BCUT2D eigenvalue weighted by Gasteiger charge is -2.01. The van der Waals surface area contributed by atoms with Gasteiger partial charge in [0.1, 0.15) is 11.7 Å². The molecular weight excluding hydrogens is 306 g/mol. The molecule has 1 amide bonds. The molecule has 0 aliphatic heterocycles. The summed E-state index contributed by atoms with van der Waals surface area (Å²) in [5, 5.41) is 20.6. The second-order valence-corrected chi connectivity index (χ2v) is 4.80. The molecule has 0 fully saturated rings. The molecule has 3 heterocycles. The third-order valence-corrected chi connectivity index (χ3v) is 3.25. The molecular formula is C12H13N7O4. The lowest BCUT2D eigenvalue weighted by atomic mass is 10.2. The summed E-state index contributed by atoms with van der Waals surface area (Å²) in [4.78, 5) is 29.0. The van der Waals surface area contributed by atoms with Crippen molar-refractivity contribution in [3.63, 3.8) is 0 Å². The molecule has 3 rings (SSSR count). The van der Waals surface area contributed by atoms with Crippen molar-refractivity contribution in [1.29, 1.82) is 0 Å². The van der Waals surface area contributed by atoms with Gasteiger partial charge in [0.2, 0.25) is 5.71 Å². The Morgan fingerprint density at radius 3 is 2.96 bits per heavy atom. The highest BCUT2D eigenvalue weighted by atomic mass is 16.4. The first-order valence-electron chi connectivity index (χ1n) is 6.67. The molecule has 0 aromatic carbocycles. The van der Waals surface area contributed by atoms with Crippen LogP contribution in [0.1, 0.15) is 21.9 Å². The van der Waals surface area contributed by atoms with Gasteiger partial charge in [-0.2, -0.15) is 4.80 Å². The summed E-state index contributed by atoms with van der Waals surface area (Å²) in [6.45, 7) is 1.70. The van der Waals surface area contributed by atoms with Gasteiger partial charge in [0.15, 0.2) is 11.6 Å². The normalized spacial score (nSPS) is 11.2. The Hall–Kier alpha value is -3.08. The summed E-state index contributed by atoms with van der Waals surface area (Å²) in [6.07, 6.45) is 1.27. The van der Waals surface area contributed by atoms with Crippen molar-refractivity contribution in [3.8, 4) is 0 Å². The van der Waals surface area contributed by atoms with E-state index < -0.39 is 11.5 Å². The third-order valence-electron chi connectivity index (χ3n) is 3.25. The summed E-state index contributed by atoms with van der Waals surface area (Å²) in [7, 11) is 0. The number of aliphatic hydroxyl groups is 1. The molecule has 11 heteroatoms. The molecule has 0 bridgehead atoms. The van der Waals surface area contributed by atoms with Crippen LogP contribution in [0.3, 0.4) is 0 Å². The van der Waals surface area contributed by atoms with Crippen molar-refractivity contribution in [3.05, 3.63) is 33.8 Å². The molecule has 0 radical (unpaired) electrons. The van der Waals surface area contributed by atoms with E-state index in [0.717, 1.165) is 0 Å². The van der Waals surface area contributed by atoms with E-state index in [9.17, 15) is 9.59 Å². The van der Waals surface area contributed by atoms with Gasteiger partial charge in [-0.1, -0.05) is 0 Å². The zero-order valence-electron chi connectivity index (χ0n) is 12.1. The molecule has 0 saturated carbocycles. The standard InChI is InChI=1S/C12H13N7O4/c1-6-8-11(23-9(6)10(13)21)14-5-18(12(8)22)4-7-15-17-19(16-7)2-3-20/h5,20H,2-4H2,1H3,(H2,13,21). The molecule has 120 valence electrons. The largest absolute Gasteiger partial charge is 0.432 e. The number of hydrogen-bond acceptors (Lipinski definition) is 8. The first-order valence-corrected chi connectivity index (χ1v) is 6.67. The van der Waals surface area contributed by atoms with Crippen LogP contribution >= 0.6 is 0 Å². The number of fused-ring (bicyclic) bond motifs is 1. The van der Waals surface area contributed by atoms with Crippen molar-refractivity contribution < 1.29 is 14.3 Å². The number of rotatable bonds is 5. The summed E-state index contributed by atoms with van der Waals surface area (Å²) < 4.78 is 6.48. The Morgan fingerprint density at radius 2 is 2.26 bits per heavy atom. The number of hydrogen-bond donors (Lipinski definition) is 2. The monoisotopic (exact) mass is 319 g/mol.